The molecule has 0 saturated carbocycles. The first kappa shape index (κ1) is 20.7. The zero-order chi connectivity index (χ0) is 20.2. The maximum atomic E-state index is 12.5. The van der Waals surface area contributed by atoms with E-state index in [1.807, 2.05) is 6.07 Å². The molecule has 1 aromatic carbocycles. The van der Waals surface area contributed by atoms with Crippen molar-refractivity contribution in [2.45, 2.75) is 38.6 Å². The molecule has 29 heavy (non-hydrogen) atoms. The minimum atomic E-state index is 0.167. The topological polar surface area (TPSA) is 40.5 Å². The number of hydrogen-bond donors (Lipinski definition) is 1. The monoisotopic (exact) mass is 416 g/mol. The van der Waals surface area contributed by atoms with Crippen molar-refractivity contribution in [2.24, 2.45) is 13.0 Å². The number of carbonyl (C=O) groups is 1. The summed E-state index contributed by atoms with van der Waals surface area (Å²) in [5.41, 5.74) is 2.53. The number of fused-ring (bicyclic) bond motifs is 1. The van der Waals surface area contributed by atoms with Crippen LogP contribution < -0.4 is 5.32 Å². The Labute approximate surface area is 179 Å². The lowest BCUT2D eigenvalue weighted by Crippen LogP contribution is -2.40. The molecule has 1 amide bonds. The Balaban J connectivity index is 1.22. The molecular weight excluding hydrogens is 384 g/mol. The van der Waals surface area contributed by atoms with E-state index in [-0.39, 0.29) is 11.8 Å². The van der Waals surface area contributed by atoms with Gasteiger partial charge in [-0.2, -0.15) is 0 Å². The highest BCUT2D eigenvalue weighted by atomic mass is 35.5. The van der Waals surface area contributed by atoms with E-state index in [1.165, 1.54) is 42.4 Å². The molecule has 1 aromatic heterocycles. The Kier molecular flexibility index (Phi) is 6.78. The van der Waals surface area contributed by atoms with E-state index < -0.39 is 0 Å². The minimum Gasteiger partial charge on any atom is -0.356 e. The van der Waals surface area contributed by atoms with Gasteiger partial charge in [-0.15, -0.1) is 0 Å². The third kappa shape index (κ3) is 5.14. The molecule has 2 saturated heterocycles. The van der Waals surface area contributed by atoms with Gasteiger partial charge in [0, 0.05) is 48.2 Å². The van der Waals surface area contributed by atoms with E-state index in [0.29, 0.717) is 0 Å². The third-order valence-corrected chi connectivity index (χ3v) is 6.77. The van der Waals surface area contributed by atoms with Gasteiger partial charge in [-0.1, -0.05) is 11.6 Å². The number of aryl methyl sites for hydroxylation is 1. The van der Waals surface area contributed by atoms with Crippen molar-refractivity contribution in [2.75, 3.05) is 39.3 Å². The molecule has 1 N–H and O–H groups in total. The lowest BCUT2D eigenvalue weighted by molar-refractivity contribution is -0.126. The highest BCUT2D eigenvalue weighted by Gasteiger charge is 2.25. The Morgan fingerprint density at radius 2 is 1.90 bits per heavy atom. The van der Waals surface area contributed by atoms with Crippen LogP contribution in [0.2, 0.25) is 5.02 Å². The van der Waals surface area contributed by atoms with E-state index in [2.05, 4.69) is 45.1 Å². The van der Waals surface area contributed by atoms with Gasteiger partial charge in [0.1, 0.15) is 0 Å². The molecule has 2 aliphatic heterocycles. The lowest BCUT2D eigenvalue weighted by atomic mass is 9.95. The highest BCUT2D eigenvalue weighted by Crippen LogP contribution is 2.27. The van der Waals surface area contributed by atoms with Crippen LogP contribution in [0.5, 0.6) is 0 Å². The number of halogens is 1. The molecule has 0 unspecified atom stereocenters. The minimum absolute atomic E-state index is 0.167. The Hall–Kier alpha value is -1.56. The first-order chi connectivity index (χ1) is 14.1. The third-order valence-electron chi connectivity index (χ3n) is 6.54. The van der Waals surface area contributed by atoms with Crippen molar-refractivity contribution in [1.82, 2.24) is 19.7 Å². The molecule has 5 nitrogen and oxygen atoms in total. The van der Waals surface area contributed by atoms with Crippen molar-refractivity contribution in [3.05, 3.63) is 35.0 Å². The molecule has 0 radical (unpaired) electrons. The molecule has 2 fully saturated rings. The lowest BCUT2D eigenvalue weighted by Gasteiger charge is -2.31. The first-order valence-corrected chi connectivity index (χ1v) is 11.4. The van der Waals surface area contributed by atoms with Gasteiger partial charge in [-0.25, -0.2) is 0 Å². The van der Waals surface area contributed by atoms with E-state index in [0.717, 1.165) is 57.0 Å². The van der Waals surface area contributed by atoms with Gasteiger partial charge < -0.3 is 14.8 Å². The van der Waals surface area contributed by atoms with Crippen molar-refractivity contribution in [1.29, 1.82) is 0 Å². The fraction of sp³-hybridized carbons (Fsp3) is 0.609. The summed E-state index contributed by atoms with van der Waals surface area (Å²) >= 11 is 6.22. The highest BCUT2D eigenvalue weighted by molar-refractivity contribution is 6.31. The zero-order valence-electron chi connectivity index (χ0n) is 17.5. The predicted molar refractivity (Wildman–Crippen MR) is 119 cm³/mol. The molecule has 0 atom stereocenters. The van der Waals surface area contributed by atoms with Crippen LogP contribution in [0.15, 0.2) is 24.4 Å². The summed E-state index contributed by atoms with van der Waals surface area (Å²) in [6.45, 7) is 7.26. The second-order valence-electron chi connectivity index (χ2n) is 8.67. The molecule has 4 rings (SSSR count). The fourth-order valence-corrected chi connectivity index (χ4v) is 5.00. The van der Waals surface area contributed by atoms with Crippen LogP contribution in [-0.2, 0) is 18.4 Å². The molecule has 6 heteroatoms. The number of hydrogen-bond acceptors (Lipinski definition) is 3. The Morgan fingerprint density at radius 1 is 1.14 bits per heavy atom. The summed E-state index contributed by atoms with van der Waals surface area (Å²) in [5.74, 6) is 0.419. The number of benzene rings is 1. The van der Waals surface area contributed by atoms with Gasteiger partial charge in [0.15, 0.2) is 0 Å². The average Bonchev–Trinajstić information content (AvgIpc) is 3.34. The molecule has 3 heterocycles. The summed E-state index contributed by atoms with van der Waals surface area (Å²) in [7, 11) is 2.08. The number of piperidine rings is 1. The van der Waals surface area contributed by atoms with Gasteiger partial charge in [-0.3, -0.25) is 9.69 Å². The maximum Gasteiger partial charge on any atom is 0.223 e. The van der Waals surface area contributed by atoms with Crippen molar-refractivity contribution >= 4 is 28.4 Å². The molecule has 158 valence electrons. The number of likely N-dealkylation sites (tertiary alicyclic amines) is 2. The van der Waals surface area contributed by atoms with E-state index in [9.17, 15) is 4.79 Å². The molecular formula is C23H33ClN4O. The van der Waals surface area contributed by atoms with Crippen LogP contribution in [-0.4, -0.2) is 59.5 Å². The second kappa shape index (κ2) is 9.50. The largest absolute Gasteiger partial charge is 0.356 e. The number of amides is 1. The van der Waals surface area contributed by atoms with Crippen LogP contribution in [0.3, 0.4) is 0 Å². The number of nitrogens with one attached hydrogen (secondary N) is 1. The summed E-state index contributed by atoms with van der Waals surface area (Å²) in [6.07, 6.45) is 7.83. The molecule has 0 aliphatic carbocycles. The zero-order valence-corrected chi connectivity index (χ0v) is 18.3. The molecule has 0 spiro atoms. The van der Waals surface area contributed by atoms with Crippen LogP contribution in [0.25, 0.3) is 10.9 Å². The number of carbonyl (C=O) groups excluding carboxylic acids is 1. The Morgan fingerprint density at radius 3 is 2.66 bits per heavy atom. The molecule has 2 aliphatic rings. The number of aromatic nitrogens is 1. The maximum absolute atomic E-state index is 12.5. The smallest absolute Gasteiger partial charge is 0.223 e. The van der Waals surface area contributed by atoms with E-state index in [4.69, 9.17) is 11.6 Å². The fourth-order valence-electron chi connectivity index (χ4n) is 4.83. The summed E-state index contributed by atoms with van der Waals surface area (Å²) in [6, 6.07) is 6.10. The van der Waals surface area contributed by atoms with Crippen LogP contribution >= 0.6 is 11.6 Å². The summed E-state index contributed by atoms with van der Waals surface area (Å²) < 4.78 is 2.17. The molecule has 0 bridgehead atoms. The Bertz CT molecular complexity index is 835. The van der Waals surface area contributed by atoms with Gasteiger partial charge >= 0.3 is 0 Å². The van der Waals surface area contributed by atoms with Gasteiger partial charge in [0.05, 0.1) is 0 Å². The average molecular weight is 417 g/mol. The quantitative estimate of drug-likeness (QED) is 0.700. The van der Waals surface area contributed by atoms with Crippen molar-refractivity contribution in [3.63, 3.8) is 0 Å². The summed E-state index contributed by atoms with van der Waals surface area (Å²) in [4.78, 5) is 17.5. The van der Waals surface area contributed by atoms with Gasteiger partial charge in [-0.05, 0) is 88.6 Å². The van der Waals surface area contributed by atoms with Crippen LogP contribution in [0.1, 0.15) is 37.7 Å². The van der Waals surface area contributed by atoms with Crippen LogP contribution in [0, 0.1) is 5.92 Å². The predicted octanol–water partition coefficient (Wildman–Crippen LogP) is 3.65. The van der Waals surface area contributed by atoms with Crippen molar-refractivity contribution in [3.8, 4) is 0 Å². The number of nitrogens with zero attached hydrogens (tertiary/aromatic N) is 3. The SMILES string of the molecule is Cn1cc(CN2CCC(C(=O)NCCCN3CCCC3)CC2)c2cc(Cl)ccc21. The summed E-state index contributed by atoms with van der Waals surface area (Å²) in [5, 5.41) is 5.19. The first-order valence-electron chi connectivity index (χ1n) is 11.1. The van der Waals surface area contributed by atoms with E-state index in [1.54, 1.807) is 0 Å². The normalized spacial score (nSPS) is 19.2. The standard InChI is InChI=1S/C23H33ClN4O/c1-26-16-19(21-15-20(24)5-6-22(21)26)17-28-13-7-18(8-14-28)23(29)25-9-4-12-27-10-2-3-11-27/h5-6,15-16,18H,2-4,7-14,17H2,1H3,(H,25,29). The van der Waals surface area contributed by atoms with Crippen LogP contribution in [0.4, 0.5) is 0 Å². The van der Waals surface area contributed by atoms with Gasteiger partial charge in [0.25, 0.3) is 0 Å². The van der Waals surface area contributed by atoms with Crippen molar-refractivity contribution < 1.29 is 4.79 Å². The second-order valence-corrected chi connectivity index (χ2v) is 9.11. The van der Waals surface area contributed by atoms with Gasteiger partial charge in [0.2, 0.25) is 5.91 Å². The van der Waals surface area contributed by atoms with E-state index >= 15 is 0 Å². The number of rotatable bonds is 7. The molecule has 2 aromatic rings.